The first kappa shape index (κ1) is 18.0. The summed E-state index contributed by atoms with van der Waals surface area (Å²) in [7, 11) is 0. The second-order valence-electron chi connectivity index (χ2n) is 6.97. The van der Waals surface area contributed by atoms with Gasteiger partial charge in [0.2, 0.25) is 0 Å². The minimum Gasteiger partial charge on any atom is -0.548 e. The Morgan fingerprint density at radius 3 is 2.08 bits per heavy atom. The van der Waals surface area contributed by atoms with Crippen LogP contribution in [0.2, 0.25) is 0 Å². The molecule has 0 saturated carbocycles. The number of alkyl carbamates (subject to hydrolysis) is 1. The number of carboxylic acid groups (broad SMARTS) is 1. The zero-order valence-corrected chi connectivity index (χ0v) is 14.9. The number of ether oxygens (including phenoxy) is 1. The van der Waals surface area contributed by atoms with Crippen molar-refractivity contribution in [1.82, 2.24) is 5.32 Å². The van der Waals surface area contributed by atoms with E-state index in [0.29, 0.717) is 6.42 Å². The van der Waals surface area contributed by atoms with Crippen molar-refractivity contribution in [3.05, 3.63) is 59.7 Å². The summed E-state index contributed by atoms with van der Waals surface area (Å²) in [6.07, 6.45) is -0.436. The van der Waals surface area contributed by atoms with Crippen LogP contribution in [-0.2, 0) is 9.53 Å². The Kier molecular flexibility index (Phi) is 5.26. The number of hydrogen-bond donors (Lipinski definition) is 1. The monoisotopic (exact) mass is 352 g/mol. The summed E-state index contributed by atoms with van der Waals surface area (Å²) >= 11 is 0. The van der Waals surface area contributed by atoms with Gasteiger partial charge in [0, 0.05) is 5.92 Å². The lowest BCUT2D eigenvalue weighted by Crippen LogP contribution is -2.48. The van der Waals surface area contributed by atoms with Gasteiger partial charge >= 0.3 is 6.09 Å². The average molecular weight is 352 g/mol. The molecule has 0 heterocycles. The first-order valence-electron chi connectivity index (χ1n) is 8.79. The van der Waals surface area contributed by atoms with E-state index in [4.69, 9.17) is 4.74 Å². The van der Waals surface area contributed by atoms with Crippen molar-refractivity contribution < 1.29 is 19.4 Å². The second-order valence-corrected chi connectivity index (χ2v) is 6.97. The lowest BCUT2D eigenvalue weighted by molar-refractivity contribution is -0.308. The van der Waals surface area contributed by atoms with E-state index in [1.165, 1.54) is 0 Å². The zero-order chi connectivity index (χ0) is 18.7. The number of hydrogen-bond acceptors (Lipinski definition) is 4. The van der Waals surface area contributed by atoms with Crippen molar-refractivity contribution in [2.24, 2.45) is 5.92 Å². The SMILES string of the molecule is CC(C)C[C@H](NC(=O)OCC1c2ccccc2-c2ccccc21)C(=O)[O-]. The summed E-state index contributed by atoms with van der Waals surface area (Å²) in [6.45, 7) is 3.92. The van der Waals surface area contributed by atoms with Crippen LogP contribution in [0, 0.1) is 5.92 Å². The Bertz CT molecular complexity index is 770. The molecule has 1 aliphatic carbocycles. The van der Waals surface area contributed by atoms with Crippen LogP contribution in [0.4, 0.5) is 4.79 Å². The minimum atomic E-state index is -1.30. The Balaban J connectivity index is 1.70. The van der Waals surface area contributed by atoms with E-state index >= 15 is 0 Å². The van der Waals surface area contributed by atoms with Gasteiger partial charge in [0.15, 0.2) is 0 Å². The molecule has 0 radical (unpaired) electrons. The molecule has 0 saturated heterocycles. The Morgan fingerprint density at radius 2 is 1.58 bits per heavy atom. The number of fused-ring (bicyclic) bond motifs is 3. The Morgan fingerprint density at radius 1 is 1.04 bits per heavy atom. The highest BCUT2D eigenvalue weighted by Gasteiger charge is 2.29. The van der Waals surface area contributed by atoms with Crippen LogP contribution in [-0.4, -0.2) is 24.7 Å². The number of amides is 1. The fourth-order valence-electron chi connectivity index (χ4n) is 3.47. The molecule has 1 atom stereocenters. The number of rotatable bonds is 6. The van der Waals surface area contributed by atoms with E-state index in [0.717, 1.165) is 22.3 Å². The second kappa shape index (κ2) is 7.60. The molecular weight excluding hydrogens is 330 g/mol. The smallest absolute Gasteiger partial charge is 0.407 e. The molecule has 3 rings (SSSR count). The summed E-state index contributed by atoms with van der Waals surface area (Å²) in [5.74, 6) is -1.24. The van der Waals surface area contributed by atoms with E-state index in [1.807, 2.05) is 50.2 Å². The molecule has 0 aliphatic heterocycles. The van der Waals surface area contributed by atoms with Crippen molar-refractivity contribution in [3.63, 3.8) is 0 Å². The number of nitrogens with one attached hydrogen (secondary N) is 1. The van der Waals surface area contributed by atoms with Gasteiger partial charge in [-0.2, -0.15) is 0 Å². The van der Waals surface area contributed by atoms with Crippen molar-refractivity contribution >= 4 is 12.1 Å². The van der Waals surface area contributed by atoms with Crippen molar-refractivity contribution in [2.75, 3.05) is 6.61 Å². The van der Waals surface area contributed by atoms with E-state index in [2.05, 4.69) is 17.4 Å². The molecule has 0 spiro atoms. The summed E-state index contributed by atoms with van der Waals surface area (Å²) in [5.41, 5.74) is 4.51. The molecule has 0 unspecified atom stereocenters. The quantitative estimate of drug-likeness (QED) is 0.867. The maximum absolute atomic E-state index is 12.1. The van der Waals surface area contributed by atoms with Gasteiger partial charge < -0.3 is 20.0 Å². The van der Waals surface area contributed by atoms with Crippen molar-refractivity contribution in [3.8, 4) is 11.1 Å². The van der Waals surface area contributed by atoms with Gasteiger partial charge in [-0.25, -0.2) is 4.79 Å². The summed E-state index contributed by atoms with van der Waals surface area (Å²) in [6, 6.07) is 15.0. The number of benzene rings is 2. The lowest BCUT2D eigenvalue weighted by atomic mass is 9.98. The average Bonchev–Trinajstić information content (AvgIpc) is 2.93. The van der Waals surface area contributed by atoms with Crippen LogP contribution in [0.15, 0.2) is 48.5 Å². The largest absolute Gasteiger partial charge is 0.548 e. The van der Waals surface area contributed by atoms with Crippen LogP contribution in [0.3, 0.4) is 0 Å². The fraction of sp³-hybridized carbons (Fsp3) is 0.333. The fourth-order valence-corrected chi connectivity index (χ4v) is 3.47. The summed E-state index contributed by atoms with van der Waals surface area (Å²) < 4.78 is 5.36. The third kappa shape index (κ3) is 3.72. The van der Waals surface area contributed by atoms with E-state index < -0.39 is 18.1 Å². The van der Waals surface area contributed by atoms with Crippen LogP contribution < -0.4 is 10.4 Å². The number of carbonyl (C=O) groups excluding carboxylic acids is 2. The van der Waals surface area contributed by atoms with E-state index in [-0.39, 0.29) is 18.4 Å². The van der Waals surface area contributed by atoms with Gasteiger partial charge in [-0.15, -0.1) is 0 Å². The highest BCUT2D eigenvalue weighted by Crippen LogP contribution is 2.44. The van der Waals surface area contributed by atoms with Gasteiger partial charge in [-0.05, 0) is 34.6 Å². The molecule has 136 valence electrons. The molecule has 26 heavy (non-hydrogen) atoms. The van der Waals surface area contributed by atoms with Crippen molar-refractivity contribution in [1.29, 1.82) is 0 Å². The maximum atomic E-state index is 12.1. The predicted molar refractivity (Wildman–Crippen MR) is 96.5 cm³/mol. The lowest BCUT2D eigenvalue weighted by Gasteiger charge is -2.22. The molecule has 0 bridgehead atoms. The zero-order valence-electron chi connectivity index (χ0n) is 14.9. The number of carboxylic acids is 1. The molecule has 0 aromatic heterocycles. The predicted octanol–water partition coefficient (Wildman–Crippen LogP) is 2.69. The third-order valence-corrected chi connectivity index (χ3v) is 4.63. The van der Waals surface area contributed by atoms with Crippen LogP contribution in [0.25, 0.3) is 11.1 Å². The maximum Gasteiger partial charge on any atom is 0.407 e. The van der Waals surface area contributed by atoms with Crippen molar-refractivity contribution in [2.45, 2.75) is 32.2 Å². The van der Waals surface area contributed by atoms with Gasteiger partial charge in [0.25, 0.3) is 0 Å². The molecule has 2 aromatic carbocycles. The Labute approximate surface area is 153 Å². The topological polar surface area (TPSA) is 78.5 Å². The van der Waals surface area contributed by atoms with Crippen LogP contribution in [0.1, 0.15) is 37.3 Å². The normalized spacial score (nSPS) is 13.8. The number of aliphatic carboxylic acids is 1. The number of carbonyl (C=O) groups is 2. The van der Waals surface area contributed by atoms with Gasteiger partial charge in [-0.1, -0.05) is 62.4 Å². The van der Waals surface area contributed by atoms with E-state index in [1.54, 1.807) is 0 Å². The first-order valence-corrected chi connectivity index (χ1v) is 8.79. The molecule has 0 fully saturated rings. The van der Waals surface area contributed by atoms with Gasteiger partial charge in [0.05, 0.1) is 12.0 Å². The van der Waals surface area contributed by atoms with Gasteiger partial charge in [-0.3, -0.25) is 0 Å². The molecule has 1 N–H and O–H groups in total. The highest BCUT2D eigenvalue weighted by atomic mass is 16.5. The molecule has 5 nitrogen and oxygen atoms in total. The van der Waals surface area contributed by atoms with Crippen LogP contribution >= 0.6 is 0 Å². The Hall–Kier alpha value is -2.82. The minimum absolute atomic E-state index is 0.0559. The molecule has 1 aliphatic rings. The van der Waals surface area contributed by atoms with E-state index in [9.17, 15) is 14.7 Å². The highest BCUT2D eigenvalue weighted by molar-refractivity contribution is 5.80. The van der Waals surface area contributed by atoms with Gasteiger partial charge in [0.1, 0.15) is 6.61 Å². The molecule has 2 aromatic rings. The molecule has 5 heteroatoms. The summed E-state index contributed by atoms with van der Waals surface area (Å²) in [5, 5.41) is 13.6. The van der Waals surface area contributed by atoms with Crippen LogP contribution in [0.5, 0.6) is 0 Å². The molecule has 1 amide bonds. The first-order chi connectivity index (χ1) is 12.5. The summed E-state index contributed by atoms with van der Waals surface area (Å²) in [4.78, 5) is 23.3. The standard InChI is InChI=1S/C21H23NO4/c1-13(2)11-19(20(23)24)22-21(25)26-12-18-16-9-5-3-7-14(16)15-8-4-6-10-17(15)18/h3-10,13,18-19H,11-12H2,1-2H3,(H,22,25)(H,23,24)/p-1/t19-/m0/s1. The molecular formula is C21H22NO4-. The third-order valence-electron chi connectivity index (χ3n) is 4.63.